The van der Waals surface area contributed by atoms with Crippen LogP contribution >= 0.6 is 15.9 Å². The van der Waals surface area contributed by atoms with E-state index in [1.807, 2.05) is 6.07 Å². The van der Waals surface area contributed by atoms with E-state index in [-0.39, 0.29) is 5.82 Å². The molecule has 2 nitrogen and oxygen atoms in total. The summed E-state index contributed by atoms with van der Waals surface area (Å²) < 4.78 is 13.7. The number of halogens is 2. The van der Waals surface area contributed by atoms with Crippen LogP contribution in [-0.2, 0) is 6.54 Å². The van der Waals surface area contributed by atoms with Gasteiger partial charge in [0.1, 0.15) is 5.82 Å². The number of anilines is 2. The SMILES string of the molecule is Fc1ccc(CNc2cccc(N3CCCC3)c2)cc1Br. The van der Waals surface area contributed by atoms with E-state index in [0.29, 0.717) is 11.0 Å². The zero-order valence-corrected chi connectivity index (χ0v) is 13.4. The minimum Gasteiger partial charge on any atom is -0.381 e. The van der Waals surface area contributed by atoms with Crippen molar-refractivity contribution in [2.45, 2.75) is 19.4 Å². The zero-order chi connectivity index (χ0) is 14.7. The molecule has 1 heterocycles. The van der Waals surface area contributed by atoms with E-state index in [0.717, 1.165) is 24.3 Å². The highest BCUT2D eigenvalue weighted by Crippen LogP contribution is 2.24. The highest BCUT2D eigenvalue weighted by Gasteiger charge is 2.12. The lowest BCUT2D eigenvalue weighted by Crippen LogP contribution is -2.17. The molecule has 1 fully saturated rings. The van der Waals surface area contributed by atoms with E-state index < -0.39 is 0 Å². The van der Waals surface area contributed by atoms with Crippen molar-refractivity contribution in [1.29, 1.82) is 0 Å². The molecular weight excluding hydrogens is 331 g/mol. The summed E-state index contributed by atoms with van der Waals surface area (Å²) in [5, 5.41) is 3.40. The summed E-state index contributed by atoms with van der Waals surface area (Å²) in [5.41, 5.74) is 3.42. The summed E-state index contributed by atoms with van der Waals surface area (Å²) in [4.78, 5) is 2.42. The van der Waals surface area contributed by atoms with E-state index in [2.05, 4.69) is 50.4 Å². The summed E-state index contributed by atoms with van der Waals surface area (Å²) in [6.07, 6.45) is 2.56. The van der Waals surface area contributed by atoms with Crippen molar-refractivity contribution >= 4 is 27.3 Å². The number of hydrogen-bond donors (Lipinski definition) is 1. The fourth-order valence-electron chi connectivity index (χ4n) is 2.64. The van der Waals surface area contributed by atoms with Gasteiger partial charge in [-0.1, -0.05) is 12.1 Å². The van der Waals surface area contributed by atoms with Crippen molar-refractivity contribution in [3.05, 3.63) is 58.3 Å². The molecule has 1 N–H and O–H groups in total. The molecule has 4 heteroatoms. The highest BCUT2D eigenvalue weighted by molar-refractivity contribution is 9.10. The fraction of sp³-hybridized carbons (Fsp3) is 0.294. The molecule has 3 rings (SSSR count). The third-order valence-electron chi connectivity index (χ3n) is 3.80. The molecule has 1 aliphatic rings. The Kier molecular flexibility index (Phi) is 4.44. The maximum Gasteiger partial charge on any atom is 0.137 e. The largest absolute Gasteiger partial charge is 0.381 e. The molecule has 2 aromatic rings. The summed E-state index contributed by atoms with van der Waals surface area (Å²) in [6.45, 7) is 2.98. The molecule has 0 unspecified atom stereocenters. The number of benzene rings is 2. The van der Waals surface area contributed by atoms with Crippen molar-refractivity contribution in [1.82, 2.24) is 0 Å². The van der Waals surface area contributed by atoms with Gasteiger partial charge in [0.25, 0.3) is 0 Å². The topological polar surface area (TPSA) is 15.3 Å². The average Bonchev–Trinajstić information content (AvgIpc) is 3.03. The molecule has 0 aliphatic carbocycles. The molecule has 1 aliphatic heterocycles. The van der Waals surface area contributed by atoms with Crippen molar-refractivity contribution in [2.75, 3.05) is 23.3 Å². The van der Waals surface area contributed by atoms with E-state index in [1.54, 1.807) is 6.07 Å². The number of nitrogens with one attached hydrogen (secondary N) is 1. The van der Waals surface area contributed by atoms with Crippen molar-refractivity contribution in [3.63, 3.8) is 0 Å². The van der Waals surface area contributed by atoms with Crippen molar-refractivity contribution in [3.8, 4) is 0 Å². The normalized spacial score (nSPS) is 14.5. The maximum atomic E-state index is 13.2. The number of hydrogen-bond acceptors (Lipinski definition) is 2. The molecule has 0 bridgehead atoms. The molecule has 0 radical (unpaired) electrons. The summed E-state index contributed by atoms with van der Waals surface area (Å²) in [7, 11) is 0. The van der Waals surface area contributed by atoms with Crippen LogP contribution in [0.4, 0.5) is 15.8 Å². The van der Waals surface area contributed by atoms with Crippen molar-refractivity contribution < 1.29 is 4.39 Å². The summed E-state index contributed by atoms with van der Waals surface area (Å²) in [5.74, 6) is -0.227. The first-order valence-corrected chi connectivity index (χ1v) is 8.04. The summed E-state index contributed by atoms with van der Waals surface area (Å²) >= 11 is 3.22. The molecule has 0 atom stereocenters. The molecule has 2 aromatic carbocycles. The van der Waals surface area contributed by atoms with Crippen LogP contribution in [-0.4, -0.2) is 13.1 Å². The van der Waals surface area contributed by atoms with Gasteiger partial charge in [0, 0.05) is 31.0 Å². The monoisotopic (exact) mass is 348 g/mol. The third kappa shape index (κ3) is 3.56. The van der Waals surface area contributed by atoms with E-state index in [9.17, 15) is 4.39 Å². The molecule has 110 valence electrons. The fourth-order valence-corrected chi connectivity index (χ4v) is 3.07. The number of nitrogens with zero attached hydrogens (tertiary/aromatic N) is 1. The standard InChI is InChI=1S/C17H18BrFN2/c18-16-10-13(6-7-17(16)19)12-20-14-4-3-5-15(11-14)21-8-1-2-9-21/h3-7,10-11,20H,1-2,8-9,12H2. The first-order valence-electron chi connectivity index (χ1n) is 7.25. The Bertz CT molecular complexity index is 624. The number of rotatable bonds is 4. The quantitative estimate of drug-likeness (QED) is 0.853. The maximum absolute atomic E-state index is 13.2. The molecular formula is C17H18BrFN2. The molecule has 0 spiro atoms. The lowest BCUT2D eigenvalue weighted by Gasteiger charge is -2.18. The first kappa shape index (κ1) is 14.4. The second kappa shape index (κ2) is 6.48. The van der Waals surface area contributed by atoms with Gasteiger partial charge in [-0.05, 0) is 64.7 Å². The van der Waals surface area contributed by atoms with E-state index >= 15 is 0 Å². The van der Waals surface area contributed by atoms with Crippen LogP contribution in [0.25, 0.3) is 0 Å². The van der Waals surface area contributed by atoms with Crippen molar-refractivity contribution in [2.24, 2.45) is 0 Å². The van der Waals surface area contributed by atoms with Crippen LogP contribution in [0, 0.1) is 5.82 Å². The van der Waals surface area contributed by atoms with Crippen LogP contribution in [0.15, 0.2) is 46.9 Å². The third-order valence-corrected chi connectivity index (χ3v) is 4.41. The Morgan fingerprint density at radius 2 is 1.90 bits per heavy atom. The van der Waals surface area contributed by atoms with Crippen LogP contribution in [0.1, 0.15) is 18.4 Å². The van der Waals surface area contributed by atoms with Gasteiger partial charge < -0.3 is 10.2 Å². The Morgan fingerprint density at radius 3 is 2.67 bits per heavy atom. The van der Waals surface area contributed by atoms with Crippen LogP contribution < -0.4 is 10.2 Å². The Labute approximate surface area is 133 Å². The predicted octanol–water partition coefficient (Wildman–Crippen LogP) is 4.80. The van der Waals surface area contributed by atoms with Gasteiger partial charge in [0.05, 0.1) is 4.47 Å². The minimum atomic E-state index is -0.227. The van der Waals surface area contributed by atoms with Gasteiger partial charge in [-0.2, -0.15) is 0 Å². The smallest absolute Gasteiger partial charge is 0.137 e. The van der Waals surface area contributed by atoms with Crippen LogP contribution in [0.2, 0.25) is 0 Å². The van der Waals surface area contributed by atoms with Gasteiger partial charge in [-0.15, -0.1) is 0 Å². The Morgan fingerprint density at radius 1 is 1.10 bits per heavy atom. The molecule has 0 aromatic heterocycles. The van der Waals surface area contributed by atoms with Crippen LogP contribution in [0.3, 0.4) is 0 Å². The molecule has 0 amide bonds. The second-order valence-corrected chi connectivity index (χ2v) is 6.20. The van der Waals surface area contributed by atoms with E-state index in [1.165, 1.54) is 24.6 Å². The van der Waals surface area contributed by atoms with Gasteiger partial charge in [-0.25, -0.2) is 4.39 Å². The van der Waals surface area contributed by atoms with Crippen LogP contribution in [0.5, 0.6) is 0 Å². The average molecular weight is 349 g/mol. The van der Waals surface area contributed by atoms with Gasteiger partial charge in [-0.3, -0.25) is 0 Å². The van der Waals surface area contributed by atoms with Gasteiger partial charge in [0.15, 0.2) is 0 Å². The minimum absolute atomic E-state index is 0.227. The molecule has 1 saturated heterocycles. The zero-order valence-electron chi connectivity index (χ0n) is 11.8. The first-order chi connectivity index (χ1) is 10.2. The Hall–Kier alpha value is -1.55. The predicted molar refractivity (Wildman–Crippen MR) is 89.3 cm³/mol. The lowest BCUT2D eigenvalue weighted by molar-refractivity contribution is 0.620. The lowest BCUT2D eigenvalue weighted by atomic mass is 10.2. The van der Waals surface area contributed by atoms with E-state index in [4.69, 9.17) is 0 Å². The van der Waals surface area contributed by atoms with Gasteiger partial charge in [0.2, 0.25) is 0 Å². The van der Waals surface area contributed by atoms with Gasteiger partial charge >= 0.3 is 0 Å². The Balaban J connectivity index is 1.67. The molecule has 21 heavy (non-hydrogen) atoms. The second-order valence-electron chi connectivity index (χ2n) is 5.35. The summed E-state index contributed by atoms with van der Waals surface area (Å²) in [6, 6.07) is 13.6. The molecule has 0 saturated carbocycles. The highest BCUT2D eigenvalue weighted by atomic mass is 79.9.